The number of hydrogen-bond acceptors (Lipinski definition) is 4. The number of benzene rings is 1. The van der Waals surface area contributed by atoms with Crippen molar-refractivity contribution in [1.29, 1.82) is 0 Å². The highest BCUT2D eigenvalue weighted by atomic mass is 15.1. The maximum absolute atomic E-state index is 5.92. The molecular weight excluding hydrogens is 272 g/mol. The van der Waals surface area contributed by atoms with Crippen molar-refractivity contribution in [2.45, 2.75) is 52.0 Å². The van der Waals surface area contributed by atoms with Crippen molar-refractivity contribution in [3.05, 3.63) is 35.4 Å². The van der Waals surface area contributed by atoms with Crippen LogP contribution in [-0.4, -0.2) is 16.0 Å². The number of nitrogens with one attached hydrogen (secondary N) is 1. The van der Waals surface area contributed by atoms with E-state index >= 15 is 0 Å². The molecule has 1 aliphatic carbocycles. The van der Waals surface area contributed by atoms with Gasteiger partial charge in [0.2, 0.25) is 5.95 Å². The number of rotatable bonds is 3. The average Bonchev–Trinajstić information content (AvgIpc) is 2.46. The molecule has 0 bridgehead atoms. The number of anilines is 2. The van der Waals surface area contributed by atoms with Crippen LogP contribution in [-0.2, 0) is 0 Å². The van der Waals surface area contributed by atoms with Gasteiger partial charge in [0.15, 0.2) is 0 Å². The van der Waals surface area contributed by atoms with E-state index in [1.165, 1.54) is 43.2 Å². The maximum atomic E-state index is 5.92. The highest BCUT2D eigenvalue weighted by molar-refractivity contribution is 5.65. The molecule has 1 aromatic carbocycles. The lowest BCUT2D eigenvalue weighted by Gasteiger charge is -2.23. The van der Waals surface area contributed by atoms with Crippen molar-refractivity contribution >= 4 is 11.8 Å². The summed E-state index contributed by atoms with van der Waals surface area (Å²) in [6, 6.07) is 8.96. The van der Waals surface area contributed by atoms with Gasteiger partial charge in [0.25, 0.3) is 0 Å². The molecule has 1 fully saturated rings. The third-order valence-electron chi connectivity index (χ3n) is 4.22. The van der Waals surface area contributed by atoms with Crippen molar-refractivity contribution in [2.24, 2.45) is 0 Å². The molecule has 0 atom stereocenters. The lowest BCUT2D eigenvalue weighted by atomic mass is 9.95. The van der Waals surface area contributed by atoms with Crippen LogP contribution < -0.4 is 11.1 Å². The van der Waals surface area contributed by atoms with Crippen molar-refractivity contribution < 1.29 is 0 Å². The Balaban J connectivity index is 1.88. The van der Waals surface area contributed by atoms with Crippen LogP contribution in [0.3, 0.4) is 0 Å². The van der Waals surface area contributed by atoms with Gasteiger partial charge in [-0.1, -0.05) is 36.5 Å². The summed E-state index contributed by atoms with van der Waals surface area (Å²) in [6.45, 7) is 4.20. The van der Waals surface area contributed by atoms with Gasteiger partial charge in [0.1, 0.15) is 5.82 Å². The summed E-state index contributed by atoms with van der Waals surface area (Å²) in [4.78, 5) is 8.76. The Labute approximate surface area is 132 Å². The Bertz CT molecular complexity index is 640. The second-order valence-corrected chi connectivity index (χ2v) is 6.35. The molecule has 0 spiro atoms. The second kappa shape index (κ2) is 6.34. The number of aryl methyl sites for hydroxylation is 2. The molecule has 1 aliphatic rings. The van der Waals surface area contributed by atoms with Crippen molar-refractivity contribution in [2.75, 3.05) is 11.1 Å². The molecular formula is C18H24N4. The van der Waals surface area contributed by atoms with E-state index in [4.69, 9.17) is 5.73 Å². The molecule has 0 unspecified atom stereocenters. The maximum Gasteiger partial charge on any atom is 0.222 e. The molecule has 1 aromatic heterocycles. The van der Waals surface area contributed by atoms with Crippen LogP contribution in [0.2, 0.25) is 0 Å². The van der Waals surface area contributed by atoms with E-state index in [0.29, 0.717) is 12.0 Å². The Kier molecular flexibility index (Phi) is 4.27. The highest BCUT2D eigenvalue weighted by Crippen LogP contribution is 2.25. The monoisotopic (exact) mass is 296 g/mol. The second-order valence-electron chi connectivity index (χ2n) is 6.35. The van der Waals surface area contributed by atoms with E-state index in [-0.39, 0.29) is 0 Å². The first kappa shape index (κ1) is 14.8. The molecule has 3 N–H and O–H groups in total. The number of nitrogens with zero attached hydrogens (tertiary/aromatic N) is 2. The van der Waals surface area contributed by atoms with Gasteiger partial charge in [-0.15, -0.1) is 0 Å². The van der Waals surface area contributed by atoms with E-state index in [1.54, 1.807) is 0 Å². The molecule has 4 heteroatoms. The van der Waals surface area contributed by atoms with Crippen LogP contribution in [0.4, 0.5) is 11.8 Å². The number of nitrogen functional groups attached to an aromatic ring is 1. The molecule has 0 radical (unpaired) electrons. The standard InChI is InChI=1S/C18H24N4/c1-12-8-13(2)10-14(9-12)16-11-17(22-18(19)21-16)20-15-6-4-3-5-7-15/h8-11,15H,3-7H2,1-2H3,(H3,19,20,21,22). The molecule has 22 heavy (non-hydrogen) atoms. The number of aromatic nitrogens is 2. The van der Waals surface area contributed by atoms with Gasteiger partial charge < -0.3 is 11.1 Å². The molecule has 1 heterocycles. The minimum atomic E-state index is 0.329. The van der Waals surface area contributed by atoms with Crippen LogP contribution in [0.5, 0.6) is 0 Å². The predicted octanol–water partition coefficient (Wildman–Crippen LogP) is 4.09. The molecule has 3 rings (SSSR count). The number of nitrogens with two attached hydrogens (primary N) is 1. The zero-order valence-corrected chi connectivity index (χ0v) is 13.4. The largest absolute Gasteiger partial charge is 0.368 e. The van der Waals surface area contributed by atoms with Gasteiger partial charge in [-0.05, 0) is 38.8 Å². The normalized spacial score (nSPS) is 15.7. The van der Waals surface area contributed by atoms with Crippen LogP contribution in [0, 0.1) is 13.8 Å². The van der Waals surface area contributed by atoms with E-state index in [2.05, 4.69) is 47.3 Å². The predicted molar refractivity (Wildman–Crippen MR) is 91.9 cm³/mol. The fourth-order valence-electron chi connectivity index (χ4n) is 3.27. The van der Waals surface area contributed by atoms with Crippen LogP contribution >= 0.6 is 0 Å². The summed E-state index contributed by atoms with van der Waals surface area (Å²) in [5, 5.41) is 3.53. The van der Waals surface area contributed by atoms with E-state index in [1.807, 2.05) is 6.07 Å². The van der Waals surface area contributed by atoms with Gasteiger partial charge in [0, 0.05) is 17.7 Å². The number of hydrogen-bond donors (Lipinski definition) is 2. The van der Waals surface area contributed by atoms with Gasteiger partial charge in [-0.3, -0.25) is 0 Å². The molecule has 0 amide bonds. The Hall–Kier alpha value is -2.10. The van der Waals surface area contributed by atoms with Crippen LogP contribution in [0.15, 0.2) is 24.3 Å². The highest BCUT2D eigenvalue weighted by Gasteiger charge is 2.14. The minimum Gasteiger partial charge on any atom is -0.368 e. The van der Waals surface area contributed by atoms with Crippen LogP contribution in [0.1, 0.15) is 43.2 Å². The summed E-state index contributed by atoms with van der Waals surface area (Å²) in [5.74, 6) is 1.17. The third kappa shape index (κ3) is 3.56. The molecule has 0 saturated heterocycles. The van der Waals surface area contributed by atoms with Crippen molar-refractivity contribution in [1.82, 2.24) is 9.97 Å². The van der Waals surface area contributed by atoms with E-state index < -0.39 is 0 Å². The van der Waals surface area contributed by atoms with E-state index in [9.17, 15) is 0 Å². The lowest BCUT2D eigenvalue weighted by Crippen LogP contribution is -2.23. The first-order chi connectivity index (χ1) is 10.6. The summed E-state index contributed by atoms with van der Waals surface area (Å²) in [7, 11) is 0. The smallest absolute Gasteiger partial charge is 0.222 e. The molecule has 1 saturated carbocycles. The van der Waals surface area contributed by atoms with Crippen molar-refractivity contribution in [3.8, 4) is 11.3 Å². The van der Waals surface area contributed by atoms with Gasteiger partial charge in [-0.2, -0.15) is 4.98 Å². The third-order valence-corrected chi connectivity index (χ3v) is 4.22. The Morgan fingerprint density at radius 1 is 0.955 bits per heavy atom. The van der Waals surface area contributed by atoms with Crippen molar-refractivity contribution in [3.63, 3.8) is 0 Å². The summed E-state index contributed by atoms with van der Waals surface area (Å²) in [6.07, 6.45) is 6.35. The Morgan fingerprint density at radius 2 is 1.64 bits per heavy atom. The van der Waals surface area contributed by atoms with Gasteiger partial charge >= 0.3 is 0 Å². The topological polar surface area (TPSA) is 63.8 Å². The zero-order chi connectivity index (χ0) is 15.5. The van der Waals surface area contributed by atoms with E-state index in [0.717, 1.165) is 17.1 Å². The van der Waals surface area contributed by atoms with Gasteiger partial charge in [0.05, 0.1) is 5.69 Å². The molecule has 4 nitrogen and oxygen atoms in total. The quantitative estimate of drug-likeness (QED) is 0.895. The minimum absolute atomic E-state index is 0.329. The zero-order valence-electron chi connectivity index (χ0n) is 13.4. The van der Waals surface area contributed by atoms with Gasteiger partial charge in [-0.25, -0.2) is 4.98 Å². The lowest BCUT2D eigenvalue weighted by molar-refractivity contribution is 0.462. The molecule has 2 aromatic rings. The van der Waals surface area contributed by atoms with Crippen LogP contribution in [0.25, 0.3) is 11.3 Å². The Morgan fingerprint density at radius 3 is 2.32 bits per heavy atom. The summed E-state index contributed by atoms with van der Waals surface area (Å²) < 4.78 is 0. The SMILES string of the molecule is Cc1cc(C)cc(-c2cc(NC3CCCCC3)nc(N)n2)c1. The fraction of sp³-hybridized carbons (Fsp3) is 0.444. The first-order valence-electron chi connectivity index (χ1n) is 8.10. The summed E-state index contributed by atoms with van der Waals surface area (Å²) >= 11 is 0. The summed E-state index contributed by atoms with van der Waals surface area (Å²) in [5.41, 5.74) is 10.4. The first-order valence-corrected chi connectivity index (χ1v) is 8.10. The molecule has 116 valence electrons. The molecule has 0 aliphatic heterocycles. The fourth-order valence-corrected chi connectivity index (χ4v) is 3.27. The average molecular weight is 296 g/mol.